The molecule has 0 saturated heterocycles. The second kappa shape index (κ2) is 4.60. The fourth-order valence-corrected chi connectivity index (χ4v) is 1.32. The summed E-state index contributed by atoms with van der Waals surface area (Å²) in [6.07, 6.45) is 2.71. The Morgan fingerprint density at radius 3 is 2.89 bits per heavy atom. The molecule has 2 N–H and O–H groups in total. The van der Waals surface area contributed by atoms with E-state index in [1.807, 2.05) is 6.07 Å². The second-order valence-corrected chi connectivity index (χ2v) is 3.41. The summed E-state index contributed by atoms with van der Waals surface area (Å²) < 4.78 is 1.09. The molecule has 2 rings (SSSR count). The third kappa shape index (κ3) is 2.02. The molecule has 90 valence electrons. The number of pyridine rings is 1. The molecular formula is C10H9N7O. The van der Waals surface area contributed by atoms with Gasteiger partial charge in [0.2, 0.25) is 5.95 Å². The Kier molecular flexibility index (Phi) is 2.99. The van der Waals surface area contributed by atoms with E-state index in [1.165, 1.54) is 19.6 Å². The van der Waals surface area contributed by atoms with E-state index in [-0.39, 0.29) is 17.3 Å². The van der Waals surface area contributed by atoms with Gasteiger partial charge >= 0.3 is 5.69 Å². The van der Waals surface area contributed by atoms with Gasteiger partial charge in [-0.15, -0.1) is 0 Å². The van der Waals surface area contributed by atoms with E-state index in [1.54, 1.807) is 12.1 Å². The maximum atomic E-state index is 11.8. The normalized spacial score (nSPS) is 9.83. The van der Waals surface area contributed by atoms with Crippen LogP contribution in [-0.4, -0.2) is 26.6 Å². The quantitative estimate of drug-likeness (QED) is 0.542. The van der Waals surface area contributed by atoms with Crippen molar-refractivity contribution < 1.29 is 0 Å². The van der Waals surface area contributed by atoms with Crippen molar-refractivity contribution >= 4 is 5.95 Å². The topological polar surface area (TPSA) is 114 Å². The lowest BCUT2D eigenvalue weighted by molar-refractivity contribution is 0.802. The lowest BCUT2D eigenvalue weighted by Crippen LogP contribution is -2.32. The zero-order valence-corrected chi connectivity index (χ0v) is 9.48. The molecule has 0 fully saturated rings. The molecule has 0 bridgehead atoms. The van der Waals surface area contributed by atoms with Crippen LogP contribution < -0.4 is 16.5 Å². The molecule has 0 radical (unpaired) electrons. The van der Waals surface area contributed by atoms with Crippen molar-refractivity contribution in [3.63, 3.8) is 0 Å². The monoisotopic (exact) mass is 243 g/mol. The van der Waals surface area contributed by atoms with Gasteiger partial charge in [-0.05, 0) is 12.1 Å². The van der Waals surface area contributed by atoms with Crippen LogP contribution in [0.3, 0.4) is 0 Å². The first-order chi connectivity index (χ1) is 8.63. The maximum absolute atomic E-state index is 11.8. The standard InChI is InChI=1S/C10H9N7O/c1-16(12)9-14-6-17(10(18)15-9)8-7(5-11)3-2-4-13-8/h2-4,6H,12H2,1H3. The first-order valence-corrected chi connectivity index (χ1v) is 4.93. The van der Waals surface area contributed by atoms with Gasteiger partial charge in [0.1, 0.15) is 12.4 Å². The Morgan fingerprint density at radius 1 is 1.50 bits per heavy atom. The highest BCUT2D eigenvalue weighted by Gasteiger charge is 2.10. The number of hydrazine groups is 1. The van der Waals surface area contributed by atoms with Crippen molar-refractivity contribution in [3.8, 4) is 11.9 Å². The molecule has 0 amide bonds. The molecular weight excluding hydrogens is 234 g/mol. The SMILES string of the molecule is CN(N)c1ncn(-c2ncccc2C#N)c(=O)n1. The third-order valence-electron chi connectivity index (χ3n) is 2.14. The number of nitrogens with two attached hydrogens (primary N) is 1. The summed E-state index contributed by atoms with van der Waals surface area (Å²) in [7, 11) is 1.51. The van der Waals surface area contributed by atoms with Crippen LogP contribution in [0.25, 0.3) is 5.82 Å². The zero-order chi connectivity index (χ0) is 13.1. The van der Waals surface area contributed by atoms with Crippen molar-refractivity contribution in [1.82, 2.24) is 19.5 Å². The van der Waals surface area contributed by atoms with Crippen molar-refractivity contribution in [3.05, 3.63) is 40.7 Å². The highest BCUT2D eigenvalue weighted by Crippen LogP contribution is 2.07. The van der Waals surface area contributed by atoms with Gasteiger partial charge in [-0.3, -0.25) is 5.01 Å². The lowest BCUT2D eigenvalue weighted by Gasteiger charge is -2.10. The molecule has 0 aromatic carbocycles. The molecule has 0 aliphatic heterocycles. The van der Waals surface area contributed by atoms with E-state index in [4.69, 9.17) is 11.1 Å². The van der Waals surface area contributed by atoms with Crippen LogP contribution in [0.5, 0.6) is 0 Å². The summed E-state index contributed by atoms with van der Waals surface area (Å²) in [5, 5.41) is 10.1. The fourth-order valence-electron chi connectivity index (χ4n) is 1.32. The van der Waals surface area contributed by atoms with Gasteiger partial charge in [-0.2, -0.15) is 10.2 Å². The Balaban J connectivity index is 2.60. The fraction of sp³-hybridized carbons (Fsp3) is 0.100. The third-order valence-corrected chi connectivity index (χ3v) is 2.14. The predicted octanol–water partition coefficient (Wildman–Crippen LogP) is -0.796. The molecule has 2 aromatic rings. The molecule has 0 saturated carbocycles. The van der Waals surface area contributed by atoms with Crippen LogP contribution in [0, 0.1) is 11.3 Å². The van der Waals surface area contributed by atoms with Crippen LogP contribution >= 0.6 is 0 Å². The Bertz CT molecular complexity index is 670. The van der Waals surface area contributed by atoms with E-state index in [0.717, 1.165) is 9.58 Å². The molecule has 0 atom stereocenters. The highest BCUT2D eigenvalue weighted by molar-refractivity contribution is 5.42. The van der Waals surface area contributed by atoms with Gasteiger partial charge in [-0.25, -0.2) is 25.2 Å². The summed E-state index contributed by atoms with van der Waals surface area (Å²) in [5.41, 5.74) is -0.343. The zero-order valence-electron chi connectivity index (χ0n) is 9.48. The van der Waals surface area contributed by atoms with Crippen LogP contribution in [0.15, 0.2) is 29.5 Å². The number of hydrogen-bond acceptors (Lipinski definition) is 7. The number of aromatic nitrogens is 4. The van der Waals surface area contributed by atoms with E-state index in [2.05, 4.69) is 15.0 Å². The maximum Gasteiger partial charge on any atom is 0.357 e. The highest BCUT2D eigenvalue weighted by atomic mass is 16.1. The summed E-state index contributed by atoms with van der Waals surface area (Å²) in [4.78, 5) is 23.3. The van der Waals surface area contributed by atoms with Gasteiger partial charge in [0, 0.05) is 13.2 Å². The minimum absolute atomic E-state index is 0.0886. The minimum atomic E-state index is -0.604. The van der Waals surface area contributed by atoms with Crippen molar-refractivity contribution in [2.75, 3.05) is 12.1 Å². The Hall–Kier alpha value is -2.79. The summed E-state index contributed by atoms with van der Waals surface area (Å²) >= 11 is 0. The van der Waals surface area contributed by atoms with Gasteiger partial charge in [0.25, 0.3) is 0 Å². The van der Waals surface area contributed by atoms with Crippen LogP contribution in [-0.2, 0) is 0 Å². The van der Waals surface area contributed by atoms with E-state index in [9.17, 15) is 4.79 Å². The molecule has 2 heterocycles. The Morgan fingerprint density at radius 2 is 2.28 bits per heavy atom. The number of anilines is 1. The van der Waals surface area contributed by atoms with Gasteiger partial charge < -0.3 is 0 Å². The van der Waals surface area contributed by atoms with Crippen LogP contribution in [0.2, 0.25) is 0 Å². The van der Waals surface area contributed by atoms with Gasteiger partial charge in [0.15, 0.2) is 5.82 Å². The molecule has 0 aliphatic rings. The largest absolute Gasteiger partial charge is 0.357 e. The van der Waals surface area contributed by atoms with Gasteiger partial charge in [-0.1, -0.05) is 0 Å². The number of rotatable bonds is 2. The second-order valence-electron chi connectivity index (χ2n) is 3.41. The number of nitrogens with zero attached hydrogens (tertiary/aromatic N) is 6. The molecule has 0 aliphatic carbocycles. The predicted molar refractivity (Wildman–Crippen MR) is 62.7 cm³/mol. The van der Waals surface area contributed by atoms with E-state index < -0.39 is 5.69 Å². The molecule has 8 heteroatoms. The Labute approximate surface area is 102 Å². The first-order valence-electron chi connectivity index (χ1n) is 4.93. The molecule has 0 spiro atoms. The van der Waals surface area contributed by atoms with Crippen molar-refractivity contribution in [2.24, 2.45) is 5.84 Å². The van der Waals surface area contributed by atoms with Crippen LogP contribution in [0.4, 0.5) is 5.95 Å². The summed E-state index contributed by atoms with van der Waals surface area (Å²) in [6, 6.07) is 5.11. The first kappa shape index (κ1) is 11.7. The van der Waals surface area contributed by atoms with Crippen LogP contribution in [0.1, 0.15) is 5.56 Å². The smallest absolute Gasteiger partial charge is 0.282 e. The minimum Gasteiger partial charge on any atom is -0.282 e. The van der Waals surface area contributed by atoms with Crippen molar-refractivity contribution in [1.29, 1.82) is 5.26 Å². The molecule has 0 unspecified atom stereocenters. The molecule has 18 heavy (non-hydrogen) atoms. The molecule has 8 nitrogen and oxygen atoms in total. The summed E-state index contributed by atoms with van der Waals surface area (Å²) in [5.74, 6) is 5.70. The molecule has 2 aromatic heterocycles. The van der Waals surface area contributed by atoms with Gasteiger partial charge in [0.05, 0.1) is 5.56 Å². The summed E-state index contributed by atoms with van der Waals surface area (Å²) in [6.45, 7) is 0. The average molecular weight is 243 g/mol. The number of nitriles is 1. The van der Waals surface area contributed by atoms with E-state index >= 15 is 0 Å². The van der Waals surface area contributed by atoms with Crippen molar-refractivity contribution in [2.45, 2.75) is 0 Å². The average Bonchev–Trinajstić information content (AvgIpc) is 2.38. The lowest BCUT2D eigenvalue weighted by atomic mass is 10.3. The number of hydrogen-bond donors (Lipinski definition) is 1. The van der Waals surface area contributed by atoms with E-state index in [0.29, 0.717) is 0 Å².